The third-order valence-corrected chi connectivity index (χ3v) is 5.76. The highest BCUT2D eigenvalue weighted by Crippen LogP contribution is 2.25. The number of nitrogens with one attached hydrogen (secondary N) is 2. The summed E-state index contributed by atoms with van der Waals surface area (Å²) in [5.41, 5.74) is 8.46. The molecule has 176 valence electrons. The summed E-state index contributed by atoms with van der Waals surface area (Å²) in [6, 6.07) is 11.8. The molecule has 1 aliphatic rings. The van der Waals surface area contributed by atoms with Crippen molar-refractivity contribution in [3.63, 3.8) is 0 Å². The van der Waals surface area contributed by atoms with Crippen molar-refractivity contribution in [3.8, 4) is 0 Å². The van der Waals surface area contributed by atoms with Crippen molar-refractivity contribution < 1.29 is 24.4 Å². The van der Waals surface area contributed by atoms with Gasteiger partial charge in [0, 0.05) is 12.6 Å². The van der Waals surface area contributed by atoms with Gasteiger partial charge < -0.3 is 10.2 Å². The van der Waals surface area contributed by atoms with E-state index in [0.29, 0.717) is 11.6 Å². The van der Waals surface area contributed by atoms with Crippen LogP contribution in [0.25, 0.3) is 0 Å². The largest absolute Gasteiger partial charge is 0.351 e. The molecule has 2 amide bonds. The fourth-order valence-electron chi connectivity index (χ4n) is 3.85. The average molecular weight is 458 g/mol. The number of rotatable bonds is 8. The minimum atomic E-state index is -1.29. The van der Waals surface area contributed by atoms with Crippen molar-refractivity contribution in [3.05, 3.63) is 65.5 Å². The highest BCUT2D eigenvalue weighted by Gasteiger charge is 2.41. The number of aromatic nitrogens is 1. The summed E-state index contributed by atoms with van der Waals surface area (Å²) >= 11 is 0. The Hall–Kier alpha value is -3.37. The van der Waals surface area contributed by atoms with Gasteiger partial charge in [-0.15, -0.1) is 5.53 Å². The third kappa shape index (κ3) is 5.91. The predicted octanol–water partition coefficient (Wildman–Crippen LogP) is 0.0106. The van der Waals surface area contributed by atoms with Crippen LogP contribution in [-0.2, 0) is 9.59 Å². The topological polar surface area (TPSA) is 131 Å². The van der Waals surface area contributed by atoms with E-state index in [4.69, 9.17) is 5.84 Å². The zero-order valence-electron chi connectivity index (χ0n) is 18.9. The molecule has 0 saturated carbocycles. The van der Waals surface area contributed by atoms with Gasteiger partial charge in [-0.25, -0.2) is 10.2 Å². The van der Waals surface area contributed by atoms with Gasteiger partial charge in [0.05, 0.1) is 18.3 Å². The van der Waals surface area contributed by atoms with Crippen LogP contribution in [0.15, 0.2) is 48.7 Å². The number of likely N-dealkylation sites (tertiary alicyclic amines) is 1. The van der Waals surface area contributed by atoms with E-state index in [9.17, 15) is 14.0 Å². The number of hydrogen-bond donors (Lipinski definition) is 4. The Morgan fingerprint density at radius 2 is 2.00 bits per heavy atom. The molecular formula is C23H32FN7O2+2. The van der Waals surface area contributed by atoms with Crippen LogP contribution in [0.3, 0.4) is 0 Å². The molecule has 0 spiro atoms. The highest BCUT2D eigenvalue weighted by molar-refractivity contribution is 5.89. The van der Waals surface area contributed by atoms with Gasteiger partial charge in [0.15, 0.2) is 0 Å². The molecule has 2 aromatic rings. The Labute approximate surface area is 192 Å². The molecule has 10 heteroatoms. The summed E-state index contributed by atoms with van der Waals surface area (Å²) in [6.45, 7) is 3.85. The molecule has 7 N–H and O–H groups in total. The number of halogens is 1. The maximum atomic E-state index is 14.3. The second-order valence-corrected chi connectivity index (χ2v) is 8.36. The van der Waals surface area contributed by atoms with Crippen molar-refractivity contribution in [1.82, 2.24) is 20.7 Å². The Morgan fingerprint density at radius 3 is 2.58 bits per heavy atom. The number of carbonyl (C=O) groups excluding carboxylic acids is 2. The van der Waals surface area contributed by atoms with Crippen LogP contribution >= 0.6 is 0 Å². The zero-order valence-corrected chi connectivity index (χ0v) is 18.9. The van der Waals surface area contributed by atoms with Crippen LogP contribution in [0.4, 0.5) is 4.39 Å². The molecule has 1 aromatic heterocycles. The molecule has 1 saturated heterocycles. The van der Waals surface area contributed by atoms with Crippen molar-refractivity contribution in [2.75, 3.05) is 13.1 Å². The molecule has 0 aliphatic carbocycles. The molecule has 33 heavy (non-hydrogen) atoms. The van der Waals surface area contributed by atoms with Crippen molar-refractivity contribution >= 4 is 18.2 Å². The van der Waals surface area contributed by atoms with Gasteiger partial charge in [-0.1, -0.05) is 50.2 Å². The van der Waals surface area contributed by atoms with Gasteiger partial charge in [-0.2, -0.15) is 0 Å². The number of alkyl halides is 1. The molecule has 0 bridgehead atoms. The Morgan fingerprint density at radius 1 is 1.27 bits per heavy atom. The lowest BCUT2D eigenvalue weighted by molar-refractivity contribution is -0.599. The normalized spacial score (nSPS) is 19.5. The summed E-state index contributed by atoms with van der Waals surface area (Å²) in [4.78, 5) is 31.9. The summed E-state index contributed by atoms with van der Waals surface area (Å²) in [5, 5.41) is 2.99. The van der Waals surface area contributed by atoms with Gasteiger partial charge in [0.1, 0.15) is 12.2 Å². The molecule has 2 heterocycles. The number of quaternary nitrogens is 1. The molecule has 1 aromatic carbocycles. The second-order valence-electron chi connectivity index (χ2n) is 8.36. The zero-order chi connectivity index (χ0) is 24.0. The monoisotopic (exact) mass is 457 g/mol. The number of benzene rings is 1. The first-order chi connectivity index (χ1) is 15.8. The lowest BCUT2D eigenvalue weighted by Gasteiger charge is -2.26. The van der Waals surface area contributed by atoms with E-state index in [1.807, 2.05) is 42.5 Å². The van der Waals surface area contributed by atoms with Crippen LogP contribution in [0, 0.1) is 0 Å². The quantitative estimate of drug-likeness (QED) is 0.146. The van der Waals surface area contributed by atoms with Gasteiger partial charge in [-0.05, 0) is 27.8 Å². The Balaban J connectivity index is 1.84. The van der Waals surface area contributed by atoms with E-state index < -0.39 is 30.1 Å². The second kappa shape index (κ2) is 11.0. The molecule has 3 rings (SSSR count). The SMILES string of the molecule is CC(C)c1ccc([C@@H](NC(=O)[C@@H]2C[C@@H](F)CN2C(=O)C/[N+](=C/[NH3+])NN)c2ccccc2)nc1. The lowest BCUT2D eigenvalue weighted by atomic mass is 10.00. The fourth-order valence-corrected chi connectivity index (χ4v) is 3.85. The van der Waals surface area contributed by atoms with Gasteiger partial charge in [-0.3, -0.25) is 20.3 Å². The molecule has 0 radical (unpaired) electrons. The van der Waals surface area contributed by atoms with Crippen molar-refractivity contribution in [1.29, 1.82) is 0 Å². The number of nitrogens with zero attached hydrogens (tertiary/aromatic N) is 3. The summed E-state index contributed by atoms with van der Waals surface area (Å²) in [5.74, 6) is 4.82. The Kier molecular flexibility index (Phi) is 8.07. The summed E-state index contributed by atoms with van der Waals surface area (Å²) in [6.07, 6.45) is 1.79. The lowest BCUT2D eigenvalue weighted by Crippen LogP contribution is -2.57. The van der Waals surface area contributed by atoms with Crippen LogP contribution in [-0.4, -0.2) is 58.0 Å². The first-order valence-electron chi connectivity index (χ1n) is 10.9. The number of nitrogens with two attached hydrogens (primary N) is 1. The predicted molar refractivity (Wildman–Crippen MR) is 121 cm³/mol. The molecule has 0 unspecified atom stereocenters. The minimum Gasteiger partial charge on any atom is -0.342 e. The standard InChI is InChI=1S/C23H30FN7O2/c1-15(2)17-8-9-19(27-11-17)22(16-6-4-3-5-7-16)28-23(33)20-10-18(24)12-31(20)21(32)13-30(14-25)29-26/h3-9,11,14-15,18,20,22,25,29H,10,12-13,26H2,1-2H3,(H,28,33)/p+2/t18-,20+,22+/m1/s1. The van der Waals surface area contributed by atoms with E-state index in [0.717, 1.165) is 11.1 Å². The fraction of sp³-hybridized carbons (Fsp3) is 0.391. The van der Waals surface area contributed by atoms with Crippen molar-refractivity contribution in [2.45, 2.75) is 44.4 Å². The number of pyridine rings is 1. The number of hydrogen-bond acceptors (Lipinski definition) is 5. The highest BCUT2D eigenvalue weighted by atomic mass is 19.1. The summed E-state index contributed by atoms with van der Waals surface area (Å²) in [7, 11) is 0. The maximum absolute atomic E-state index is 14.3. The molecule has 9 nitrogen and oxygen atoms in total. The molecule has 1 fully saturated rings. The number of amides is 2. The number of carbonyl (C=O) groups is 2. The van der Waals surface area contributed by atoms with Gasteiger partial charge in [0.2, 0.25) is 5.91 Å². The average Bonchev–Trinajstić information content (AvgIpc) is 3.23. The third-order valence-electron chi connectivity index (χ3n) is 5.76. The number of hydrazone groups is 1. The first-order valence-corrected chi connectivity index (χ1v) is 10.9. The van der Waals surface area contributed by atoms with Crippen LogP contribution in [0.2, 0.25) is 0 Å². The van der Waals surface area contributed by atoms with E-state index in [-0.39, 0.29) is 19.5 Å². The molecule has 3 atom stereocenters. The maximum Gasteiger partial charge on any atom is 0.351 e. The smallest absolute Gasteiger partial charge is 0.342 e. The van der Waals surface area contributed by atoms with Crippen LogP contribution in [0.5, 0.6) is 0 Å². The summed E-state index contributed by atoms with van der Waals surface area (Å²) < 4.78 is 15.5. The van der Waals surface area contributed by atoms with Gasteiger partial charge >= 0.3 is 6.34 Å². The van der Waals surface area contributed by atoms with Crippen LogP contribution in [0.1, 0.15) is 49.0 Å². The Bertz CT molecular complexity index is 982. The van der Waals surface area contributed by atoms with E-state index >= 15 is 0 Å². The van der Waals surface area contributed by atoms with E-state index in [1.54, 1.807) is 6.20 Å². The van der Waals surface area contributed by atoms with Crippen LogP contribution < -0.4 is 22.4 Å². The minimum absolute atomic E-state index is 0.0665. The molecule has 1 aliphatic heterocycles. The number of hydrazine groups is 2. The van der Waals surface area contributed by atoms with Crippen molar-refractivity contribution in [2.24, 2.45) is 5.84 Å². The molecular weight excluding hydrogens is 425 g/mol. The van der Waals surface area contributed by atoms with E-state index in [1.165, 1.54) is 15.9 Å². The van der Waals surface area contributed by atoms with Gasteiger partial charge in [0.25, 0.3) is 12.5 Å². The van der Waals surface area contributed by atoms with E-state index in [2.05, 4.69) is 35.4 Å². The first kappa shape index (κ1) is 24.3.